The predicted octanol–water partition coefficient (Wildman–Crippen LogP) is 3.06. The quantitative estimate of drug-likeness (QED) is 0.761. The number of rotatable bonds is 8. The third-order valence-corrected chi connectivity index (χ3v) is 5.72. The molecule has 1 saturated heterocycles. The molecule has 2 rings (SSSR count). The van der Waals surface area contributed by atoms with Crippen molar-refractivity contribution in [1.29, 1.82) is 0 Å². The minimum absolute atomic E-state index is 0.113. The van der Waals surface area contributed by atoms with Crippen LogP contribution in [0.25, 0.3) is 0 Å². The van der Waals surface area contributed by atoms with Crippen molar-refractivity contribution in [2.45, 2.75) is 76.9 Å². The summed E-state index contributed by atoms with van der Waals surface area (Å²) >= 11 is 0. The second-order valence-electron chi connectivity index (χ2n) is 7.88. The highest BCUT2D eigenvalue weighted by Crippen LogP contribution is 2.36. The van der Waals surface area contributed by atoms with Crippen LogP contribution in [0.2, 0.25) is 0 Å². The fraction of sp³-hybridized carbons (Fsp3) is 0.667. The smallest absolute Gasteiger partial charge is 0.229 e. The number of benzene rings is 1. The van der Waals surface area contributed by atoms with Gasteiger partial charge in [0, 0.05) is 24.7 Å². The van der Waals surface area contributed by atoms with Crippen molar-refractivity contribution in [3.8, 4) is 0 Å². The molecule has 0 bridgehead atoms. The molecule has 0 aromatic heterocycles. The third-order valence-electron chi connectivity index (χ3n) is 5.72. The lowest BCUT2D eigenvalue weighted by molar-refractivity contribution is -0.125. The Kier molecular flexibility index (Phi) is 7.03. The first-order valence-electron chi connectivity index (χ1n) is 9.74. The fourth-order valence-corrected chi connectivity index (χ4v) is 4.38. The Morgan fingerprint density at radius 3 is 2.32 bits per heavy atom. The number of carbonyl (C=O) groups is 1. The van der Waals surface area contributed by atoms with E-state index in [0.717, 1.165) is 37.9 Å². The zero-order valence-corrected chi connectivity index (χ0v) is 16.3. The molecule has 2 atom stereocenters. The number of carbonyl (C=O) groups excluding carboxylic acids is 1. The molecular formula is C21H35N3O. The maximum atomic E-state index is 12.8. The van der Waals surface area contributed by atoms with Gasteiger partial charge < -0.3 is 11.1 Å². The molecule has 4 heteroatoms. The van der Waals surface area contributed by atoms with Gasteiger partial charge in [-0.3, -0.25) is 9.69 Å². The lowest BCUT2D eigenvalue weighted by Crippen LogP contribution is -2.59. The zero-order chi connectivity index (χ0) is 18.4. The number of hydrogen-bond donors (Lipinski definition) is 2. The van der Waals surface area contributed by atoms with E-state index in [2.05, 4.69) is 50.0 Å². The van der Waals surface area contributed by atoms with E-state index in [0.29, 0.717) is 12.1 Å². The van der Waals surface area contributed by atoms with Crippen LogP contribution in [0.5, 0.6) is 0 Å². The van der Waals surface area contributed by atoms with Gasteiger partial charge in [-0.2, -0.15) is 0 Å². The van der Waals surface area contributed by atoms with Crippen LogP contribution in [0.3, 0.4) is 0 Å². The van der Waals surface area contributed by atoms with E-state index in [1.54, 1.807) is 0 Å². The van der Waals surface area contributed by atoms with Gasteiger partial charge in [0.1, 0.15) is 0 Å². The Balaban J connectivity index is 2.38. The molecule has 0 spiro atoms. The van der Waals surface area contributed by atoms with Gasteiger partial charge in [-0.15, -0.1) is 0 Å². The molecule has 1 aromatic carbocycles. The summed E-state index contributed by atoms with van der Waals surface area (Å²) in [6.07, 6.45) is 4.07. The molecule has 1 aliphatic heterocycles. The molecule has 4 nitrogen and oxygen atoms in total. The first kappa shape index (κ1) is 19.9. The minimum atomic E-state index is -0.649. The van der Waals surface area contributed by atoms with Gasteiger partial charge in [0.15, 0.2) is 0 Å². The van der Waals surface area contributed by atoms with Crippen molar-refractivity contribution < 1.29 is 4.79 Å². The Morgan fingerprint density at radius 2 is 1.84 bits per heavy atom. The van der Waals surface area contributed by atoms with E-state index in [9.17, 15) is 4.79 Å². The molecule has 0 saturated carbocycles. The highest BCUT2D eigenvalue weighted by atomic mass is 16.1. The largest absolute Gasteiger partial charge is 0.369 e. The van der Waals surface area contributed by atoms with Gasteiger partial charge in [-0.1, -0.05) is 36.8 Å². The van der Waals surface area contributed by atoms with Crippen LogP contribution in [-0.4, -0.2) is 42.0 Å². The predicted molar refractivity (Wildman–Crippen MR) is 105 cm³/mol. The highest BCUT2D eigenvalue weighted by Gasteiger charge is 2.46. The van der Waals surface area contributed by atoms with Crippen molar-refractivity contribution in [3.05, 3.63) is 35.9 Å². The molecule has 2 unspecified atom stereocenters. The first-order chi connectivity index (χ1) is 11.9. The summed E-state index contributed by atoms with van der Waals surface area (Å²) in [4.78, 5) is 15.3. The number of nitrogens with zero attached hydrogens (tertiary/aromatic N) is 1. The molecule has 0 aliphatic carbocycles. The summed E-state index contributed by atoms with van der Waals surface area (Å²) in [5, 5.41) is 3.60. The van der Waals surface area contributed by atoms with Crippen LogP contribution >= 0.6 is 0 Å². The molecule has 1 fully saturated rings. The van der Waals surface area contributed by atoms with Gasteiger partial charge in [0.25, 0.3) is 0 Å². The number of hydrogen-bond acceptors (Lipinski definition) is 3. The standard InChI is InChI=1S/C21H35N3O/c1-16(2)24(17(3)4)15-13-21(20(22)25,18-10-6-5-7-11-18)19-12-8-9-14-23-19/h5-7,10-11,16-17,19,23H,8-9,12-15H2,1-4H3,(H2,22,25). The van der Waals surface area contributed by atoms with E-state index in [-0.39, 0.29) is 11.9 Å². The van der Waals surface area contributed by atoms with Gasteiger partial charge in [0.05, 0.1) is 5.41 Å². The van der Waals surface area contributed by atoms with Crippen molar-refractivity contribution in [2.75, 3.05) is 13.1 Å². The summed E-state index contributed by atoms with van der Waals surface area (Å²) in [7, 11) is 0. The SMILES string of the molecule is CC(C)N(CCC(C(N)=O)(c1ccccc1)C1CCCCN1)C(C)C. The summed E-state index contributed by atoms with van der Waals surface area (Å²) < 4.78 is 0. The Labute approximate surface area is 153 Å². The molecule has 140 valence electrons. The van der Waals surface area contributed by atoms with Crippen molar-refractivity contribution >= 4 is 5.91 Å². The van der Waals surface area contributed by atoms with Gasteiger partial charge >= 0.3 is 0 Å². The maximum absolute atomic E-state index is 12.8. The summed E-state index contributed by atoms with van der Waals surface area (Å²) in [5.74, 6) is -0.203. The van der Waals surface area contributed by atoms with Crippen molar-refractivity contribution in [3.63, 3.8) is 0 Å². The van der Waals surface area contributed by atoms with Crippen LogP contribution < -0.4 is 11.1 Å². The van der Waals surface area contributed by atoms with E-state index < -0.39 is 5.41 Å². The van der Waals surface area contributed by atoms with E-state index >= 15 is 0 Å². The summed E-state index contributed by atoms with van der Waals surface area (Å²) in [6.45, 7) is 10.7. The highest BCUT2D eigenvalue weighted by molar-refractivity contribution is 5.87. The second kappa shape index (κ2) is 8.81. The Hall–Kier alpha value is -1.39. The fourth-order valence-electron chi connectivity index (χ4n) is 4.38. The molecule has 25 heavy (non-hydrogen) atoms. The molecule has 1 heterocycles. The van der Waals surface area contributed by atoms with Gasteiger partial charge in [0.2, 0.25) is 5.91 Å². The summed E-state index contributed by atoms with van der Waals surface area (Å²) in [5.41, 5.74) is 6.48. The lowest BCUT2D eigenvalue weighted by atomic mass is 9.68. The Bertz CT molecular complexity index is 529. The average Bonchev–Trinajstić information content (AvgIpc) is 2.59. The van der Waals surface area contributed by atoms with Crippen LogP contribution in [0.4, 0.5) is 0 Å². The molecule has 3 N–H and O–H groups in total. The average molecular weight is 346 g/mol. The number of amides is 1. The van der Waals surface area contributed by atoms with E-state index in [1.165, 1.54) is 6.42 Å². The molecule has 1 amide bonds. The van der Waals surface area contributed by atoms with Crippen LogP contribution in [0, 0.1) is 0 Å². The van der Waals surface area contributed by atoms with Crippen molar-refractivity contribution in [2.24, 2.45) is 5.73 Å². The maximum Gasteiger partial charge on any atom is 0.229 e. The van der Waals surface area contributed by atoms with Gasteiger partial charge in [-0.05, 0) is 59.1 Å². The van der Waals surface area contributed by atoms with Crippen LogP contribution in [0.1, 0.15) is 58.9 Å². The summed E-state index contributed by atoms with van der Waals surface area (Å²) in [6, 6.07) is 11.2. The topological polar surface area (TPSA) is 58.4 Å². The third kappa shape index (κ3) is 4.42. The van der Waals surface area contributed by atoms with Crippen molar-refractivity contribution in [1.82, 2.24) is 10.2 Å². The Morgan fingerprint density at radius 1 is 1.20 bits per heavy atom. The molecule has 1 aliphatic rings. The number of nitrogens with one attached hydrogen (secondary N) is 1. The number of piperidine rings is 1. The molecular weight excluding hydrogens is 310 g/mol. The van der Waals surface area contributed by atoms with E-state index in [1.807, 2.05) is 18.2 Å². The van der Waals surface area contributed by atoms with E-state index in [4.69, 9.17) is 5.73 Å². The number of primary amides is 1. The van der Waals surface area contributed by atoms with Gasteiger partial charge in [-0.25, -0.2) is 0 Å². The monoisotopic (exact) mass is 345 g/mol. The molecule has 0 radical (unpaired) electrons. The first-order valence-corrected chi connectivity index (χ1v) is 9.74. The van der Waals surface area contributed by atoms with Crippen LogP contribution in [0.15, 0.2) is 30.3 Å². The molecule has 1 aromatic rings. The van der Waals surface area contributed by atoms with Crippen LogP contribution in [-0.2, 0) is 10.2 Å². The number of nitrogens with two attached hydrogens (primary N) is 1. The normalized spacial score (nSPS) is 20.8. The minimum Gasteiger partial charge on any atom is -0.369 e. The second-order valence-corrected chi connectivity index (χ2v) is 7.88. The zero-order valence-electron chi connectivity index (χ0n) is 16.3. The lowest BCUT2D eigenvalue weighted by Gasteiger charge is -2.43.